The van der Waals surface area contributed by atoms with E-state index < -0.39 is 0 Å². The molecule has 0 saturated heterocycles. The molecule has 0 bridgehead atoms. The fourth-order valence-electron chi connectivity index (χ4n) is 2.28. The third-order valence-corrected chi connectivity index (χ3v) is 4.38. The number of likely N-dealkylation sites (N-methyl/N-ethyl adjacent to an activating group) is 1. The fourth-order valence-corrected chi connectivity index (χ4v) is 3.00. The minimum absolute atomic E-state index is 0.0884. The Morgan fingerprint density at radius 1 is 1.30 bits per heavy atom. The van der Waals surface area contributed by atoms with E-state index in [1.165, 1.54) is 6.07 Å². The molecule has 1 nitrogen and oxygen atoms in total. The number of hydrogen-bond donors (Lipinski definition) is 1. The molecular formula is C16H16BrClFN. The van der Waals surface area contributed by atoms with Crippen LogP contribution in [0, 0.1) is 12.7 Å². The fraction of sp³-hybridized carbons (Fsp3) is 0.250. The summed E-state index contributed by atoms with van der Waals surface area (Å²) in [7, 11) is 1.90. The maximum Gasteiger partial charge on any atom is 0.137 e. The van der Waals surface area contributed by atoms with Gasteiger partial charge in [0.15, 0.2) is 0 Å². The number of benzene rings is 2. The number of hydrogen-bond acceptors (Lipinski definition) is 1. The highest BCUT2D eigenvalue weighted by Crippen LogP contribution is 2.27. The topological polar surface area (TPSA) is 12.0 Å². The summed E-state index contributed by atoms with van der Waals surface area (Å²) in [6.07, 6.45) is 0.689. The molecular weight excluding hydrogens is 341 g/mol. The maximum atomic E-state index is 13.6. The van der Waals surface area contributed by atoms with Gasteiger partial charge in [-0.25, -0.2) is 4.39 Å². The Labute approximate surface area is 132 Å². The molecule has 20 heavy (non-hydrogen) atoms. The molecule has 4 heteroatoms. The summed E-state index contributed by atoms with van der Waals surface area (Å²) in [5.41, 5.74) is 3.15. The summed E-state index contributed by atoms with van der Waals surface area (Å²) in [6.45, 7) is 2.01. The second-order valence-corrected chi connectivity index (χ2v) is 6.05. The van der Waals surface area contributed by atoms with Gasteiger partial charge in [0.1, 0.15) is 5.82 Å². The van der Waals surface area contributed by atoms with Crippen molar-refractivity contribution < 1.29 is 4.39 Å². The standard InChI is InChI=1S/C16H16BrClFN/c1-10-6-12(8-13(18)7-10)15(20-2)9-11-4-3-5-14(19)16(11)17/h3-8,15,20H,9H2,1-2H3. The van der Waals surface area contributed by atoms with Crippen molar-refractivity contribution in [3.05, 3.63) is 68.4 Å². The van der Waals surface area contributed by atoms with Crippen LogP contribution < -0.4 is 5.32 Å². The Balaban J connectivity index is 2.31. The second-order valence-electron chi connectivity index (χ2n) is 4.82. The van der Waals surface area contributed by atoms with Crippen LogP contribution in [0.15, 0.2) is 40.9 Å². The first-order valence-electron chi connectivity index (χ1n) is 6.38. The third kappa shape index (κ3) is 3.60. The molecule has 1 unspecified atom stereocenters. The first-order valence-corrected chi connectivity index (χ1v) is 7.55. The molecule has 1 N–H and O–H groups in total. The van der Waals surface area contributed by atoms with Gasteiger partial charge in [0.05, 0.1) is 4.47 Å². The molecule has 0 aliphatic carbocycles. The van der Waals surface area contributed by atoms with E-state index in [9.17, 15) is 4.39 Å². The van der Waals surface area contributed by atoms with Crippen LogP contribution in [-0.4, -0.2) is 7.05 Å². The van der Waals surface area contributed by atoms with Crippen molar-refractivity contribution >= 4 is 27.5 Å². The molecule has 0 saturated carbocycles. The van der Waals surface area contributed by atoms with Crippen molar-refractivity contribution in [2.75, 3.05) is 7.05 Å². The molecule has 0 amide bonds. The third-order valence-electron chi connectivity index (χ3n) is 3.27. The highest BCUT2D eigenvalue weighted by molar-refractivity contribution is 9.10. The van der Waals surface area contributed by atoms with E-state index in [1.807, 2.05) is 32.2 Å². The zero-order valence-electron chi connectivity index (χ0n) is 11.4. The van der Waals surface area contributed by atoms with Gasteiger partial charge < -0.3 is 5.32 Å². The van der Waals surface area contributed by atoms with Gasteiger partial charge in [-0.05, 0) is 71.2 Å². The van der Waals surface area contributed by atoms with E-state index in [0.717, 1.165) is 21.7 Å². The molecule has 0 aliphatic heterocycles. The highest BCUT2D eigenvalue weighted by Gasteiger charge is 2.14. The van der Waals surface area contributed by atoms with Crippen molar-refractivity contribution in [3.63, 3.8) is 0 Å². The monoisotopic (exact) mass is 355 g/mol. The lowest BCUT2D eigenvalue weighted by molar-refractivity contribution is 0.580. The summed E-state index contributed by atoms with van der Waals surface area (Å²) in [5, 5.41) is 3.99. The molecule has 0 heterocycles. The Bertz CT molecular complexity index is 595. The van der Waals surface area contributed by atoms with Crippen molar-refractivity contribution in [2.45, 2.75) is 19.4 Å². The smallest absolute Gasteiger partial charge is 0.137 e. The molecule has 2 aromatic carbocycles. The van der Waals surface area contributed by atoms with Gasteiger partial charge in [-0.3, -0.25) is 0 Å². The number of nitrogens with one attached hydrogen (secondary N) is 1. The first-order chi connectivity index (χ1) is 9.51. The largest absolute Gasteiger partial charge is 0.313 e. The zero-order valence-corrected chi connectivity index (χ0v) is 13.7. The van der Waals surface area contributed by atoms with Crippen LogP contribution >= 0.6 is 27.5 Å². The Hall–Kier alpha value is -0.900. The summed E-state index contributed by atoms with van der Waals surface area (Å²) in [4.78, 5) is 0. The lowest BCUT2D eigenvalue weighted by atomic mass is 9.97. The van der Waals surface area contributed by atoms with Crippen LogP contribution in [0.5, 0.6) is 0 Å². The Kier molecular flexibility index (Phi) is 5.19. The highest BCUT2D eigenvalue weighted by atomic mass is 79.9. The minimum Gasteiger partial charge on any atom is -0.313 e. The number of halogens is 3. The summed E-state index contributed by atoms with van der Waals surface area (Å²) < 4.78 is 14.1. The Morgan fingerprint density at radius 3 is 2.70 bits per heavy atom. The summed E-state index contributed by atoms with van der Waals surface area (Å²) >= 11 is 9.42. The molecule has 2 aromatic rings. The summed E-state index contributed by atoms with van der Waals surface area (Å²) in [6, 6.07) is 11.2. The van der Waals surface area contributed by atoms with Crippen LogP contribution in [0.1, 0.15) is 22.7 Å². The predicted molar refractivity (Wildman–Crippen MR) is 85.8 cm³/mol. The number of rotatable bonds is 4. The number of aryl methyl sites for hydroxylation is 1. The van der Waals surface area contributed by atoms with Crippen LogP contribution in [0.4, 0.5) is 4.39 Å². The lowest BCUT2D eigenvalue weighted by Crippen LogP contribution is -2.19. The van der Waals surface area contributed by atoms with Crippen LogP contribution in [-0.2, 0) is 6.42 Å². The molecule has 106 valence electrons. The quantitative estimate of drug-likeness (QED) is 0.808. The average molecular weight is 357 g/mol. The molecule has 0 fully saturated rings. The van der Waals surface area contributed by atoms with E-state index in [2.05, 4.69) is 27.3 Å². The van der Waals surface area contributed by atoms with Gasteiger partial charge in [-0.1, -0.05) is 29.8 Å². The SMILES string of the molecule is CNC(Cc1cccc(F)c1Br)c1cc(C)cc(Cl)c1. The van der Waals surface area contributed by atoms with E-state index >= 15 is 0 Å². The first kappa shape index (κ1) is 15.5. The van der Waals surface area contributed by atoms with E-state index in [-0.39, 0.29) is 11.9 Å². The van der Waals surface area contributed by atoms with E-state index in [4.69, 9.17) is 11.6 Å². The molecule has 0 radical (unpaired) electrons. The van der Waals surface area contributed by atoms with Crippen molar-refractivity contribution in [2.24, 2.45) is 0 Å². The minimum atomic E-state index is -0.236. The van der Waals surface area contributed by atoms with Crippen LogP contribution in [0.2, 0.25) is 5.02 Å². The van der Waals surface area contributed by atoms with E-state index in [1.54, 1.807) is 6.07 Å². The van der Waals surface area contributed by atoms with Gasteiger partial charge in [-0.2, -0.15) is 0 Å². The normalized spacial score (nSPS) is 12.4. The van der Waals surface area contributed by atoms with Gasteiger partial charge in [-0.15, -0.1) is 0 Å². The van der Waals surface area contributed by atoms with Crippen molar-refractivity contribution in [1.82, 2.24) is 5.32 Å². The predicted octanol–water partition coefficient (Wildman–Crippen LogP) is 5.05. The molecule has 2 rings (SSSR count). The van der Waals surface area contributed by atoms with Gasteiger partial charge in [0, 0.05) is 11.1 Å². The molecule has 0 aliphatic rings. The second kappa shape index (κ2) is 6.70. The lowest BCUT2D eigenvalue weighted by Gasteiger charge is -2.18. The zero-order chi connectivity index (χ0) is 14.7. The summed E-state index contributed by atoms with van der Waals surface area (Å²) in [5.74, 6) is -0.236. The molecule has 0 spiro atoms. The van der Waals surface area contributed by atoms with Crippen molar-refractivity contribution in [3.8, 4) is 0 Å². The van der Waals surface area contributed by atoms with Gasteiger partial charge in [0.25, 0.3) is 0 Å². The van der Waals surface area contributed by atoms with Gasteiger partial charge >= 0.3 is 0 Å². The molecule has 1 atom stereocenters. The Morgan fingerprint density at radius 2 is 2.05 bits per heavy atom. The van der Waals surface area contributed by atoms with E-state index in [0.29, 0.717) is 10.9 Å². The average Bonchev–Trinajstić information content (AvgIpc) is 2.39. The van der Waals surface area contributed by atoms with Crippen molar-refractivity contribution in [1.29, 1.82) is 0 Å². The maximum absolute atomic E-state index is 13.6. The van der Waals surface area contributed by atoms with Crippen LogP contribution in [0.25, 0.3) is 0 Å². The van der Waals surface area contributed by atoms with Crippen LogP contribution in [0.3, 0.4) is 0 Å². The molecule has 0 aromatic heterocycles. The van der Waals surface area contributed by atoms with Gasteiger partial charge in [0.2, 0.25) is 0 Å².